The maximum Gasteiger partial charge on any atom is 0.407 e. The number of nitrogens with two attached hydrogens (primary N) is 1. The number of nitrogens with zero attached hydrogens (tertiary/aromatic N) is 3. The third-order valence-electron chi connectivity index (χ3n) is 15.8. The normalized spacial score (nSPS) is 23.0. The van der Waals surface area contributed by atoms with Crippen molar-refractivity contribution < 1.29 is 43.0 Å². The van der Waals surface area contributed by atoms with Crippen LogP contribution in [0, 0.1) is 0 Å². The number of H-pyrrole nitrogens is 1. The quantitative estimate of drug-likeness (QED) is 0.0739. The summed E-state index contributed by atoms with van der Waals surface area (Å²) in [7, 11) is 0. The number of amides is 7. The van der Waals surface area contributed by atoms with Gasteiger partial charge in [-0.1, -0.05) is 115 Å². The molecule has 9 N–H and O–H groups in total. The first-order valence-electron chi connectivity index (χ1n) is 28.3. The van der Waals surface area contributed by atoms with Crippen molar-refractivity contribution >= 4 is 52.4 Å². The van der Waals surface area contributed by atoms with Crippen LogP contribution in [-0.4, -0.2) is 156 Å². The molecule has 1 aromatic heterocycles. The van der Waals surface area contributed by atoms with E-state index in [2.05, 4.69) is 41.8 Å². The van der Waals surface area contributed by atoms with E-state index in [4.69, 9.17) is 15.2 Å². The van der Waals surface area contributed by atoms with Gasteiger partial charge >= 0.3 is 6.09 Å². The Kier molecular flexibility index (Phi) is 18.5. The van der Waals surface area contributed by atoms with Crippen LogP contribution < -0.4 is 42.4 Å². The van der Waals surface area contributed by atoms with Crippen LogP contribution in [0.4, 0.5) is 4.79 Å². The van der Waals surface area contributed by atoms with Crippen LogP contribution in [0.3, 0.4) is 0 Å². The lowest BCUT2D eigenvalue weighted by Gasteiger charge is -2.40. The largest absolute Gasteiger partial charge is 0.489 e. The van der Waals surface area contributed by atoms with E-state index in [1.165, 1.54) is 9.80 Å². The van der Waals surface area contributed by atoms with Gasteiger partial charge < -0.3 is 61.9 Å². The van der Waals surface area contributed by atoms with E-state index >= 15 is 28.8 Å². The lowest BCUT2D eigenvalue weighted by Crippen LogP contribution is -2.64. The van der Waals surface area contributed by atoms with Crippen molar-refractivity contribution in [3.63, 3.8) is 0 Å². The van der Waals surface area contributed by atoms with E-state index in [-0.39, 0.29) is 64.8 Å². The second-order valence-electron chi connectivity index (χ2n) is 21.4. The standard InChI is InChI=1S/C62H71N11O9/c63-25-26-65-62(80)82-47-34-54-59(77)67-50(24-21-40-11-3-1-4-12-40)56(74)68-51(32-45-35-66-49-18-10-9-17-48(45)49)57(75)70-53(38-71-29-27-64-28-30-71)58(76)69-52(31-41-19-22-46(23-20-41)81-39-42-13-5-2-6-14-42)60(78)72-36-44-16-8-7-15-43(44)33-55(72)61(79)73(54)37-47/h1-20,22-23,35,47,50-55,64,66H,21,24-34,36-39,63H2,(H,65,80)(H,67,77)(H,68,74)(H,69,76)(H,70,75)/t47-,50+,51+,52+,53+,54+,55+/m1/s1. The molecule has 0 aliphatic carbocycles. The highest BCUT2D eigenvalue weighted by atomic mass is 16.6. The molecule has 4 aliphatic rings. The van der Waals surface area contributed by atoms with E-state index in [9.17, 15) is 4.79 Å². The molecule has 20 heteroatoms. The van der Waals surface area contributed by atoms with Crippen LogP contribution in [0.5, 0.6) is 5.75 Å². The highest BCUT2D eigenvalue weighted by Crippen LogP contribution is 2.30. The highest BCUT2D eigenvalue weighted by Gasteiger charge is 2.48. The lowest BCUT2D eigenvalue weighted by molar-refractivity contribution is -0.151. The average Bonchev–Trinajstić information content (AvgIpc) is 4.30. The number of fused-ring (bicyclic) bond motifs is 4. The molecule has 428 valence electrons. The summed E-state index contributed by atoms with van der Waals surface area (Å²) >= 11 is 0. The molecule has 0 radical (unpaired) electrons. The van der Waals surface area contributed by atoms with Gasteiger partial charge in [-0.25, -0.2) is 4.79 Å². The molecule has 10 rings (SSSR count). The molecule has 0 bridgehead atoms. The SMILES string of the molecule is NCCNC(=O)O[C@@H]1C[C@H]2C(=O)N[C@@H](CCc3ccccc3)C(=O)N[C@@H](Cc3c[nH]c4ccccc34)C(=O)N[C@@H](CN3CCNCC3)C(=O)N[C@@H](Cc3ccc(OCc4ccccc4)cc3)C(=O)N3Cc4ccccc4C[C@H]3C(=O)N2C1. The summed E-state index contributed by atoms with van der Waals surface area (Å²) in [6, 6.07) is 33.9. The fraction of sp³-hybridized carbons (Fsp3) is 0.371. The number of hydrogen-bond acceptors (Lipinski definition) is 12. The first-order valence-corrected chi connectivity index (χ1v) is 28.3. The molecule has 5 heterocycles. The number of aromatic amines is 1. The predicted molar refractivity (Wildman–Crippen MR) is 307 cm³/mol. The van der Waals surface area contributed by atoms with Crippen LogP contribution in [0.15, 0.2) is 140 Å². The predicted octanol–water partition coefficient (Wildman–Crippen LogP) is 2.63. The lowest BCUT2D eigenvalue weighted by atomic mass is 9.91. The molecule has 7 atom stereocenters. The van der Waals surface area contributed by atoms with Crippen LogP contribution in [0.25, 0.3) is 10.9 Å². The summed E-state index contributed by atoms with van der Waals surface area (Å²) in [5, 5.41) is 18.8. The van der Waals surface area contributed by atoms with Gasteiger partial charge in [0, 0.05) is 95.1 Å². The van der Waals surface area contributed by atoms with Crippen molar-refractivity contribution in [1.29, 1.82) is 0 Å². The minimum atomic E-state index is -1.29. The molecular formula is C62H71N11O9. The zero-order valence-corrected chi connectivity index (χ0v) is 45.7. The van der Waals surface area contributed by atoms with Gasteiger partial charge in [0.15, 0.2) is 0 Å². The Bertz CT molecular complexity index is 3210. The highest BCUT2D eigenvalue weighted by molar-refractivity contribution is 5.99. The number of ether oxygens (including phenoxy) is 2. The van der Waals surface area contributed by atoms with Crippen LogP contribution >= 0.6 is 0 Å². The summed E-state index contributed by atoms with van der Waals surface area (Å²) in [6.07, 6.45) is 0.329. The van der Waals surface area contributed by atoms with Crippen LogP contribution in [0.1, 0.15) is 46.2 Å². The first kappa shape index (κ1) is 56.7. The van der Waals surface area contributed by atoms with E-state index in [1.54, 1.807) is 18.3 Å². The maximum atomic E-state index is 15.8. The molecule has 6 aromatic rings. The fourth-order valence-corrected chi connectivity index (χ4v) is 11.4. The summed E-state index contributed by atoms with van der Waals surface area (Å²) in [6.45, 7) is 2.85. The van der Waals surface area contributed by atoms with Crippen LogP contribution in [0.2, 0.25) is 0 Å². The molecule has 0 unspecified atom stereocenters. The molecule has 3 fully saturated rings. The number of aromatic nitrogens is 1. The first-order chi connectivity index (χ1) is 40.0. The number of para-hydroxylation sites is 1. The van der Waals surface area contributed by atoms with Crippen molar-refractivity contribution in [1.82, 2.24) is 51.6 Å². The topological polar surface area (TPSA) is 262 Å². The summed E-state index contributed by atoms with van der Waals surface area (Å²) in [5.74, 6) is -3.24. The molecule has 7 amide bonds. The summed E-state index contributed by atoms with van der Waals surface area (Å²) in [4.78, 5) is 114. The number of carbonyl (C=O) groups is 7. The minimum absolute atomic E-state index is 0.0109. The molecular weight excluding hydrogens is 1040 g/mol. The van der Waals surface area contributed by atoms with Crippen molar-refractivity contribution in [2.24, 2.45) is 5.73 Å². The third kappa shape index (κ3) is 14.1. The number of alkyl carbamates (subject to hydrolysis) is 1. The molecule has 0 saturated carbocycles. The van der Waals surface area contributed by atoms with Gasteiger partial charge in [0.05, 0.1) is 6.54 Å². The van der Waals surface area contributed by atoms with Crippen molar-refractivity contribution in [3.8, 4) is 5.75 Å². The summed E-state index contributed by atoms with van der Waals surface area (Å²) < 4.78 is 11.9. The minimum Gasteiger partial charge on any atom is -0.489 e. The number of benzene rings is 5. The van der Waals surface area contributed by atoms with Gasteiger partial charge in [-0.15, -0.1) is 0 Å². The van der Waals surface area contributed by atoms with Gasteiger partial charge in [0.1, 0.15) is 54.7 Å². The Morgan fingerprint density at radius 2 is 1.27 bits per heavy atom. The second kappa shape index (κ2) is 26.8. The molecule has 0 spiro atoms. The third-order valence-corrected chi connectivity index (χ3v) is 15.8. The number of aryl methyl sites for hydroxylation is 1. The molecule has 4 aliphatic heterocycles. The van der Waals surface area contributed by atoms with Crippen molar-refractivity contribution in [3.05, 3.63) is 173 Å². The monoisotopic (exact) mass is 1110 g/mol. The Morgan fingerprint density at radius 1 is 0.622 bits per heavy atom. The Labute approximate surface area is 476 Å². The number of nitrogens with one attached hydrogen (secondary N) is 7. The summed E-state index contributed by atoms with van der Waals surface area (Å²) in [5.41, 5.74) is 11.3. The van der Waals surface area contributed by atoms with Crippen molar-refractivity contribution in [2.75, 3.05) is 52.4 Å². The molecule has 3 saturated heterocycles. The number of rotatable bonds is 15. The van der Waals surface area contributed by atoms with Crippen LogP contribution in [-0.2, 0) is 72.3 Å². The molecule has 5 aromatic carbocycles. The average molecular weight is 1110 g/mol. The fourth-order valence-electron chi connectivity index (χ4n) is 11.4. The van der Waals surface area contributed by atoms with Gasteiger partial charge in [-0.3, -0.25) is 33.7 Å². The Morgan fingerprint density at radius 3 is 2.02 bits per heavy atom. The van der Waals surface area contributed by atoms with Crippen molar-refractivity contribution in [2.45, 2.75) is 94.0 Å². The number of carbonyl (C=O) groups excluding carboxylic acids is 7. The van der Waals surface area contributed by atoms with Gasteiger partial charge in [0.25, 0.3) is 0 Å². The van der Waals surface area contributed by atoms with Gasteiger partial charge in [-0.2, -0.15) is 0 Å². The number of piperazine rings is 1. The van der Waals surface area contributed by atoms with Gasteiger partial charge in [0.2, 0.25) is 35.4 Å². The number of hydrogen-bond donors (Lipinski definition) is 8. The van der Waals surface area contributed by atoms with E-state index in [1.807, 2.05) is 121 Å². The Hall–Kier alpha value is -8.59. The molecule has 20 nitrogen and oxygen atoms in total. The zero-order valence-electron chi connectivity index (χ0n) is 45.7. The Balaban J connectivity index is 1.05. The van der Waals surface area contributed by atoms with Gasteiger partial charge in [-0.05, 0) is 64.4 Å². The van der Waals surface area contributed by atoms with E-state index in [0.717, 1.165) is 33.2 Å². The van der Waals surface area contributed by atoms with E-state index in [0.29, 0.717) is 56.1 Å². The zero-order chi connectivity index (χ0) is 57.0. The van der Waals surface area contributed by atoms with E-state index < -0.39 is 83.9 Å². The molecule has 82 heavy (non-hydrogen) atoms. The maximum absolute atomic E-state index is 15.8. The second-order valence-corrected chi connectivity index (χ2v) is 21.4. The smallest absolute Gasteiger partial charge is 0.407 e.